The lowest BCUT2D eigenvalue weighted by molar-refractivity contribution is 0.332. The number of H-pyrrole nitrogens is 1. The standard InChI is InChI=1S/C60H59BN4S/c1-36-17-11-14-20-44(36)39-23-26-53-47(30-39)56-57(66-53)61-54-45(46-31-41(58(4,5)6)29-40-35-62-63-55(40)46)32-43(64(50-21-15-12-18-37(50)2)51-22-16-13-19-38(51)3)34-52(54)65(56)42-24-25-48-49(33-42)60(9,10)28-27-59(48,7)8/h11-26,29-35,61H,27-28H2,1-10H3,(H,62,63). The van der Waals surface area contributed by atoms with Crippen molar-refractivity contribution >= 4 is 84.0 Å². The van der Waals surface area contributed by atoms with Gasteiger partial charge in [-0.15, -0.1) is 11.3 Å². The average Bonchev–Trinajstić information content (AvgIpc) is 3.92. The predicted octanol–water partition coefficient (Wildman–Crippen LogP) is 15.3. The quantitative estimate of drug-likeness (QED) is 0.169. The molecule has 0 saturated carbocycles. The van der Waals surface area contributed by atoms with Crippen molar-refractivity contribution in [2.45, 2.75) is 98.3 Å². The molecular formula is C60H59BN4S. The lowest BCUT2D eigenvalue weighted by Gasteiger charge is -2.43. The van der Waals surface area contributed by atoms with Crippen molar-refractivity contribution in [1.29, 1.82) is 0 Å². The molecule has 0 atom stereocenters. The second-order valence-electron chi connectivity index (χ2n) is 21.4. The first kappa shape index (κ1) is 42.3. The van der Waals surface area contributed by atoms with Gasteiger partial charge in [0.2, 0.25) is 7.28 Å². The monoisotopic (exact) mass is 878 g/mol. The van der Waals surface area contributed by atoms with Crippen molar-refractivity contribution in [3.05, 3.63) is 173 Å². The molecule has 9 aromatic rings. The second-order valence-corrected chi connectivity index (χ2v) is 22.6. The fourth-order valence-corrected chi connectivity index (χ4v) is 12.1. The normalized spacial score (nSPS) is 15.0. The average molecular weight is 879 g/mol. The van der Waals surface area contributed by atoms with Gasteiger partial charge in [0.05, 0.1) is 17.4 Å². The zero-order valence-electron chi connectivity index (χ0n) is 40.2. The van der Waals surface area contributed by atoms with E-state index in [1.165, 1.54) is 99.4 Å². The SMILES string of the molecule is Cc1ccccc1-c1ccc2sc3c(c2c1)N(c1ccc2c(c1)C(C)(C)CCC2(C)C)c1cc(N(c2ccccc2C)c2ccccc2C)cc(-c2cc(C(C)(C)C)cc4cn[nH]c24)c1B3. The van der Waals surface area contributed by atoms with Crippen LogP contribution in [0.15, 0.2) is 140 Å². The Morgan fingerprint density at radius 2 is 1.33 bits per heavy atom. The van der Waals surface area contributed by atoms with Gasteiger partial charge in [0.25, 0.3) is 0 Å². The first-order valence-corrected chi connectivity index (χ1v) is 24.5. The molecule has 66 heavy (non-hydrogen) atoms. The van der Waals surface area contributed by atoms with E-state index in [9.17, 15) is 0 Å². The summed E-state index contributed by atoms with van der Waals surface area (Å²) < 4.78 is 2.69. The number of para-hydroxylation sites is 2. The minimum atomic E-state index is -0.0740. The highest BCUT2D eigenvalue weighted by Crippen LogP contribution is 2.52. The smallest absolute Gasteiger partial charge is 0.211 e. The summed E-state index contributed by atoms with van der Waals surface area (Å²) >= 11 is 1.95. The van der Waals surface area contributed by atoms with E-state index in [-0.39, 0.29) is 16.2 Å². The Labute approximate surface area is 395 Å². The Kier molecular flexibility index (Phi) is 9.84. The number of hydrogen-bond acceptors (Lipinski definition) is 4. The van der Waals surface area contributed by atoms with E-state index in [2.05, 4.69) is 223 Å². The van der Waals surface area contributed by atoms with Gasteiger partial charge in [-0.1, -0.05) is 121 Å². The molecule has 0 radical (unpaired) electrons. The summed E-state index contributed by atoms with van der Waals surface area (Å²) in [5.74, 6) is 0. The van der Waals surface area contributed by atoms with Crippen LogP contribution in [0.3, 0.4) is 0 Å². The van der Waals surface area contributed by atoms with Crippen LogP contribution in [-0.4, -0.2) is 17.5 Å². The third kappa shape index (κ3) is 6.90. The molecule has 6 heteroatoms. The zero-order chi connectivity index (χ0) is 45.9. The lowest BCUT2D eigenvalue weighted by atomic mass is 9.61. The van der Waals surface area contributed by atoms with Gasteiger partial charge in [-0.3, -0.25) is 5.10 Å². The first-order chi connectivity index (χ1) is 31.6. The Morgan fingerprint density at radius 1 is 0.667 bits per heavy atom. The summed E-state index contributed by atoms with van der Waals surface area (Å²) in [6.45, 7) is 23.4. The summed E-state index contributed by atoms with van der Waals surface area (Å²) in [6.07, 6.45) is 4.33. The number of hydrogen-bond donors (Lipinski definition) is 1. The van der Waals surface area contributed by atoms with Gasteiger partial charge in [0.15, 0.2) is 0 Å². The highest BCUT2D eigenvalue weighted by atomic mass is 32.1. The van der Waals surface area contributed by atoms with Crippen molar-refractivity contribution in [3.8, 4) is 22.3 Å². The Morgan fingerprint density at radius 3 is 2.02 bits per heavy atom. The van der Waals surface area contributed by atoms with E-state index in [4.69, 9.17) is 0 Å². The number of nitrogens with one attached hydrogen (secondary N) is 1. The molecule has 4 nitrogen and oxygen atoms in total. The van der Waals surface area contributed by atoms with Crippen molar-refractivity contribution in [2.24, 2.45) is 0 Å². The maximum absolute atomic E-state index is 4.69. The van der Waals surface area contributed by atoms with Gasteiger partial charge in [-0.2, -0.15) is 5.10 Å². The minimum absolute atomic E-state index is 0.0378. The van der Waals surface area contributed by atoms with Crippen LogP contribution in [0.25, 0.3) is 43.2 Å². The van der Waals surface area contributed by atoms with E-state index in [0.29, 0.717) is 0 Å². The van der Waals surface area contributed by atoms with E-state index in [1.54, 1.807) is 0 Å². The highest BCUT2D eigenvalue weighted by molar-refractivity contribution is 7.29. The van der Waals surface area contributed by atoms with Crippen LogP contribution in [0.4, 0.5) is 34.1 Å². The van der Waals surface area contributed by atoms with E-state index < -0.39 is 0 Å². The van der Waals surface area contributed by atoms with Crippen LogP contribution < -0.4 is 20.0 Å². The van der Waals surface area contributed by atoms with Gasteiger partial charge in [-0.25, -0.2) is 0 Å². The lowest BCUT2D eigenvalue weighted by Crippen LogP contribution is -2.40. The molecule has 1 aliphatic heterocycles. The van der Waals surface area contributed by atoms with Crippen molar-refractivity contribution in [3.63, 3.8) is 0 Å². The van der Waals surface area contributed by atoms with Crippen LogP contribution in [-0.2, 0) is 16.2 Å². The van der Waals surface area contributed by atoms with Gasteiger partial charge in [0, 0.05) is 49.5 Å². The number of rotatable bonds is 6. The molecule has 11 rings (SSSR count). The molecule has 0 fully saturated rings. The molecule has 2 aliphatic rings. The number of benzene rings is 7. The molecule has 3 heterocycles. The van der Waals surface area contributed by atoms with Crippen LogP contribution in [0.1, 0.15) is 94.7 Å². The van der Waals surface area contributed by atoms with Crippen LogP contribution in [0.5, 0.6) is 0 Å². The van der Waals surface area contributed by atoms with Gasteiger partial charge in [0.1, 0.15) is 0 Å². The maximum atomic E-state index is 4.69. The van der Waals surface area contributed by atoms with Crippen molar-refractivity contribution in [1.82, 2.24) is 10.2 Å². The topological polar surface area (TPSA) is 35.2 Å². The predicted molar refractivity (Wildman–Crippen MR) is 286 cm³/mol. The molecule has 328 valence electrons. The molecule has 0 amide bonds. The molecule has 1 N–H and O–H groups in total. The fourth-order valence-electron chi connectivity index (χ4n) is 11.0. The number of aryl methyl sites for hydroxylation is 3. The van der Waals surface area contributed by atoms with Gasteiger partial charge < -0.3 is 9.80 Å². The van der Waals surface area contributed by atoms with Crippen molar-refractivity contribution < 1.29 is 0 Å². The summed E-state index contributed by atoms with van der Waals surface area (Å²) in [4.78, 5) is 5.16. The summed E-state index contributed by atoms with van der Waals surface area (Å²) in [6, 6.07) is 50.8. The van der Waals surface area contributed by atoms with E-state index in [1.807, 2.05) is 17.5 Å². The number of thiophene rings is 1. The molecular weight excluding hydrogens is 820 g/mol. The summed E-state index contributed by atoms with van der Waals surface area (Å²) in [5, 5.41) is 10.6. The van der Waals surface area contributed by atoms with Crippen molar-refractivity contribution in [2.75, 3.05) is 9.80 Å². The van der Waals surface area contributed by atoms with Crippen LogP contribution >= 0.6 is 11.3 Å². The van der Waals surface area contributed by atoms with E-state index >= 15 is 0 Å². The molecule has 0 unspecified atom stereocenters. The molecule has 0 bridgehead atoms. The Hall–Kier alpha value is -6.37. The minimum Gasteiger partial charge on any atom is -0.310 e. The molecule has 1 aliphatic carbocycles. The van der Waals surface area contributed by atoms with E-state index in [0.717, 1.165) is 41.7 Å². The zero-order valence-corrected chi connectivity index (χ0v) is 41.0. The maximum Gasteiger partial charge on any atom is 0.211 e. The molecule has 7 aromatic carbocycles. The Bertz CT molecular complexity index is 3350. The van der Waals surface area contributed by atoms with Gasteiger partial charge in [-0.05, 0) is 171 Å². The number of fused-ring (bicyclic) bond motifs is 6. The summed E-state index contributed by atoms with van der Waals surface area (Å²) in [5.41, 5.74) is 22.5. The number of anilines is 6. The summed E-state index contributed by atoms with van der Waals surface area (Å²) in [7, 11) is 0.809. The Balaban J connectivity index is 1.27. The fraction of sp³-hybridized carbons (Fsp3) is 0.250. The van der Waals surface area contributed by atoms with Crippen LogP contribution in [0, 0.1) is 20.8 Å². The van der Waals surface area contributed by atoms with Crippen LogP contribution in [0.2, 0.25) is 0 Å². The third-order valence-corrected chi connectivity index (χ3v) is 16.1. The first-order valence-electron chi connectivity index (χ1n) is 23.7. The van der Waals surface area contributed by atoms with Gasteiger partial charge >= 0.3 is 0 Å². The molecule has 0 spiro atoms. The number of nitrogens with zero attached hydrogens (tertiary/aromatic N) is 3. The molecule has 0 saturated heterocycles. The third-order valence-electron chi connectivity index (χ3n) is 15.0. The number of aromatic amines is 1. The molecule has 2 aromatic heterocycles. The largest absolute Gasteiger partial charge is 0.310 e. The highest BCUT2D eigenvalue weighted by Gasteiger charge is 2.39. The number of aromatic nitrogens is 2. The second kappa shape index (κ2) is 15.4.